The highest BCUT2D eigenvalue weighted by atomic mass is 19.1. The average Bonchev–Trinajstić information content (AvgIpc) is 2.64. The largest absolute Gasteiger partial charge is 0.378 e. The molecule has 0 unspecified atom stereocenters. The van der Waals surface area contributed by atoms with Crippen molar-refractivity contribution in [2.45, 2.75) is 0 Å². The van der Waals surface area contributed by atoms with E-state index in [2.05, 4.69) is 5.32 Å². The van der Waals surface area contributed by atoms with Gasteiger partial charge in [0.25, 0.3) is 11.8 Å². The van der Waals surface area contributed by atoms with E-state index in [4.69, 9.17) is 4.74 Å². The summed E-state index contributed by atoms with van der Waals surface area (Å²) < 4.78 is 31.7. The zero-order valence-corrected chi connectivity index (χ0v) is 13.3. The first-order valence-corrected chi connectivity index (χ1v) is 7.78. The fourth-order valence-electron chi connectivity index (χ4n) is 2.50. The van der Waals surface area contributed by atoms with E-state index in [9.17, 15) is 18.4 Å². The molecule has 1 fully saturated rings. The van der Waals surface area contributed by atoms with E-state index >= 15 is 0 Å². The Bertz CT molecular complexity index is 787. The molecule has 0 spiro atoms. The Hall–Kier alpha value is -2.80. The third kappa shape index (κ3) is 4.00. The molecule has 3 rings (SSSR count). The van der Waals surface area contributed by atoms with Crippen molar-refractivity contribution < 1.29 is 23.1 Å². The summed E-state index contributed by atoms with van der Waals surface area (Å²) in [7, 11) is 0. The predicted molar refractivity (Wildman–Crippen MR) is 87.5 cm³/mol. The number of nitrogens with zero attached hydrogens (tertiary/aromatic N) is 1. The van der Waals surface area contributed by atoms with Gasteiger partial charge in [-0.15, -0.1) is 0 Å². The van der Waals surface area contributed by atoms with Crippen molar-refractivity contribution in [3.05, 3.63) is 65.2 Å². The maximum Gasteiger partial charge on any atom is 0.255 e. The molecule has 25 heavy (non-hydrogen) atoms. The molecule has 0 atom stereocenters. The maximum absolute atomic E-state index is 13.6. The van der Waals surface area contributed by atoms with E-state index in [1.165, 1.54) is 12.1 Å². The quantitative estimate of drug-likeness (QED) is 0.930. The van der Waals surface area contributed by atoms with Crippen molar-refractivity contribution in [2.24, 2.45) is 0 Å². The number of morpholine rings is 1. The van der Waals surface area contributed by atoms with Crippen LogP contribution in [-0.4, -0.2) is 43.0 Å². The van der Waals surface area contributed by atoms with Gasteiger partial charge in [0.2, 0.25) is 0 Å². The lowest BCUT2D eigenvalue weighted by Crippen LogP contribution is -2.40. The highest BCUT2D eigenvalue weighted by Gasteiger charge is 2.19. The number of hydrogen-bond donors (Lipinski definition) is 1. The topological polar surface area (TPSA) is 58.6 Å². The predicted octanol–water partition coefficient (Wildman–Crippen LogP) is 2.69. The van der Waals surface area contributed by atoms with Crippen molar-refractivity contribution in [1.29, 1.82) is 0 Å². The number of amides is 2. The van der Waals surface area contributed by atoms with Crippen LogP contribution in [0.3, 0.4) is 0 Å². The van der Waals surface area contributed by atoms with E-state index < -0.39 is 17.5 Å². The minimum Gasteiger partial charge on any atom is -0.378 e. The molecule has 5 nitrogen and oxygen atoms in total. The summed E-state index contributed by atoms with van der Waals surface area (Å²) in [5.74, 6) is -2.25. The van der Waals surface area contributed by atoms with Gasteiger partial charge in [-0.1, -0.05) is 0 Å². The molecule has 0 bridgehead atoms. The molecule has 1 heterocycles. The lowest BCUT2D eigenvalue weighted by molar-refractivity contribution is 0.0303. The minimum absolute atomic E-state index is 0.111. The molecule has 2 amide bonds. The highest BCUT2D eigenvalue weighted by molar-refractivity contribution is 6.05. The Balaban J connectivity index is 1.68. The van der Waals surface area contributed by atoms with Crippen LogP contribution in [0.4, 0.5) is 14.5 Å². The van der Waals surface area contributed by atoms with Gasteiger partial charge in [-0.3, -0.25) is 9.59 Å². The summed E-state index contributed by atoms with van der Waals surface area (Å²) in [6, 6.07) is 8.98. The van der Waals surface area contributed by atoms with Crippen LogP contribution in [0.5, 0.6) is 0 Å². The van der Waals surface area contributed by atoms with Crippen LogP contribution in [0.2, 0.25) is 0 Å². The zero-order valence-electron chi connectivity index (χ0n) is 13.3. The molecule has 1 saturated heterocycles. The first kappa shape index (κ1) is 17.0. The average molecular weight is 346 g/mol. The molecule has 130 valence electrons. The summed E-state index contributed by atoms with van der Waals surface area (Å²) >= 11 is 0. The van der Waals surface area contributed by atoms with Crippen LogP contribution in [0.1, 0.15) is 20.7 Å². The first-order chi connectivity index (χ1) is 12.0. The Morgan fingerprint density at radius 2 is 1.60 bits per heavy atom. The molecule has 0 radical (unpaired) electrons. The molecule has 1 N–H and O–H groups in total. The second kappa shape index (κ2) is 7.40. The van der Waals surface area contributed by atoms with Gasteiger partial charge in [0.05, 0.1) is 18.9 Å². The molecule has 0 saturated carbocycles. The Kier molecular flexibility index (Phi) is 5.04. The van der Waals surface area contributed by atoms with Gasteiger partial charge in [0, 0.05) is 30.3 Å². The van der Waals surface area contributed by atoms with Gasteiger partial charge in [-0.2, -0.15) is 0 Å². The maximum atomic E-state index is 13.6. The second-order valence-electron chi connectivity index (χ2n) is 5.56. The number of carbonyl (C=O) groups is 2. The molecular formula is C18H16F2N2O3. The molecule has 7 heteroatoms. The number of nitrogens with one attached hydrogen (secondary N) is 1. The van der Waals surface area contributed by atoms with Crippen molar-refractivity contribution in [3.63, 3.8) is 0 Å². The SMILES string of the molecule is O=C(Nc1ccc(F)cc1F)c1ccc(C(=O)N2CCOCC2)cc1. The van der Waals surface area contributed by atoms with Crippen LogP contribution < -0.4 is 5.32 Å². The molecule has 0 aliphatic carbocycles. The number of anilines is 1. The van der Waals surface area contributed by atoms with E-state index in [0.29, 0.717) is 37.9 Å². The molecule has 2 aromatic rings. The number of rotatable bonds is 3. The first-order valence-electron chi connectivity index (χ1n) is 7.78. The molecule has 1 aliphatic heterocycles. The van der Waals surface area contributed by atoms with Crippen LogP contribution in [0.15, 0.2) is 42.5 Å². The molecule has 1 aliphatic rings. The van der Waals surface area contributed by atoms with Crippen molar-refractivity contribution in [3.8, 4) is 0 Å². The summed E-state index contributed by atoms with van der Waals surface area (Å²) in [6.45, 7) is 2.08. The van der Waals surface area contributed by atoms with Crippen LogP contribution in [-0.2, 0) is 4.74 Å². The van der Waals surface area contributed by atoms with Gasteiger partial charge in [-0.05, 0) is 36.4 Å². The molecule has 0 aromatic heterocycles. The standard InChI is InChI=1S/C18H16F2N2O3/c19-14-5-6-16(15(20)11-14)21-17(23)12-1-3-13(4-2-12)18(24)22-7-9-25-10-8-22/h1-6,11H,7-10H2,(H,21,23). The minimum atomic E-state index is -0.854. The monoisotopic (exact) mass is 346 g/mol. The highest BCUT2D eigenvalue weighted by Crippen LogP contribution is 2.17. The Morgan fingerprint density at radius 3 is 2.24 bits per heavy atom. The Morgan fingerprint density at radius 1 is 0.960 bits per heavy atom. The van der Waals surface area contributed by atoms with Crippen molar-refractivity contribution in [2.75, 3.05) is 31.6 Å². The van der Waals surface area contributed by atoms with Crippen molar-refractivity contribution >= 4 is 17.5 Å². The fourth-order valence-corrected chi connectivity index (χ4v) is 2.50. The third-order valence-electron chi connectivity index (χ3n) is 3.87. The number of carbonyl (C=O) groups excluding carboxylic acids is 2. The number of ether oxygens (including phenoxy) is 1. The lowest BCUT2D eigenvalue weighted by Gasteiger charge is -2.26. The number of benzene rings is 2. The number of hydrogen-bond acceptors (Lipinski definition) is 3. The Labute approximate surface area is 143 Å². The molecular weight excluding hydrogens is 330 g/mol. The van der Waals surface area contributed by atoms with E-state index in [1.807, 2.05) is 0 Å². The van der Waals surface area contributed by atoms with Crippen LogP contribution in [0.25, 0.3) is 0 Å². The van der Waals surface area contributed by atoms with Crippen LogP contribution >= 0.6 is 0 Å². The van der Waals surface area contributed by atoms with Gasteiger partial charge in [-0.25, -0.2) is 8.78 Å². The normalized spacial score (nSPS) is 14.2. The lowest BCUT2D eigenvalue weighted by atomic mass is 10.1. The molecule has 2 aromatic carbocycles. The fraction of sp³-hybridized carbons (Fsp3) is 0.222. The van der Waals surface area contributed by atoms with Gasteiger partial charge in [0.15, 0.2) is 0 Å². The van der Waals surface area contributed by atoms with Crippen LogP contribution in [0, 0.1) is 11.6 Å². The number of halogens is 2. The summed E-state index contributed by atoms with van der Waals surface area (Å²) in [6.07, 6.45) is 0. The van der Waals surface area contributed by atoms with E-state index in [0.717, 1.165) is 12.1 Å². The summed E-state index contributed by atoms with van der Waals surface area (Å²) in [4.78, 5) is 26.2. The van der Waals surface area contributed by atoms with Gasteiger partial charge in [0.1, 0.15) is 11.6 Å². The van der Waals surface area contributed by atoms with Gasteiger partial charge >= 0.3 is 0 Å². The van der Waals surface area contributed by atoms with Crippen molar-refractivity contribution in [1.82, 2.24) is 4.90 Å². The smallest absolute Gasteiger partial charge is 0.255 e. The van der Waals surface area contributed by atoms with Gasteiger partial charge < -0.3 is 15.0 Å². The summed E-state index contributed by atoms with van der Waals surface area (Å²) in [5, 5.41) is 2.37. The van der Waals surface area contributed by atoms with E-state index in [-0.39, 0.29) is 17.2 Å². The zero-order chi connectivity index (χ0) is 17.8. The summed E-state index contributed by atoms with van der Waals surface area (Å²) in [5.41, 5.74) is 0.619. The third-order valence-corrected chi connectivity index (χ3v) is 3.87. The van der Waals surface area contributed by atoms with E-state index in [1.54, 1.807) is 17.0 Å². The second-order valence-corrected chi connectivity index (χ2v) is 5.56.